The molecule has 0 saturated carbocycles. The summed E-state index contributed by atoms with van der Waals surface area (Å²) in [6.07, 6.45) is 3.55. The summed E-state index contributed by atoms with van der Waals surface area (Å²) in [4.78, 5) is 54.7. The molecule has 8 heterocycles. The van der Waals surface area contributed by atoms with Crippen LogP contribution in [0.1, 0.15) is 0 Å². The summed E-state index contributed by atoms with van der Waals surface area (Å²) < 4.78 is 0. The zero-order valence-corrected chi connectivity index (χ0v) is 60.4. The summed E-state index contributed by atoms with van der Waals surface area (Å²) in [6.45, 7) is 0. The molecule has 11 nitrogen and oxygen atoms in total. The van der Waals surface area contributed by atoms with Gasteiger partial charge in [0, 0.05) is 78.4 Å². The molecular weight excluding hydrogens is 1370 g/mol. The van der Waals surface area contributed by atoms with Gasteiger partial charge in [0.05, 0.1) is 61.9 Å². The van der Waals surface area contributed by atoms with E-state index >= 15 is 0 Å². The molecule has 8 aromatic heterocycles. The molecule has 0 spiro atoms. The summed E-state index contributed by atoms with van der Waals surface area (Å²) in [6, 6.07) is 131. The molecule has 0 aliphatic rings. The maximum absolute atomic E-state index is 5.27. The van der Waals surface area contributed by atoms with Gasteiger partial charge in [-0.1, -0.05) is 315 Å². The maximum atomic E-state index is 5.27. The van der Waals surface area contributed by atoms with Gasteiger partial charge in [0.25, 0.3) is 0 Å². The molecule has 12 aromatic carbocycles. The molecule has 112 heavy (non-hydrogen) atoms. The van der Waals surface area contributed by atoms with Gasteiger partial charge in [-0.15, -0.1) is 0 Å². The molecule has 524 valence electrons. The molecule has 0 aliphatic carbocycles. The Morgan fingerprint density at radius 2 is 0.464 bits per heavy atom. The van der Waals surface area contributed by atoms with Crippen molar-refractivity contribution in [3.8, 4) is 158 Å². The van der Waals surface area contributed by atoms with Crippen molar-refractivity contribution in [3.05, 3.63) is 395 Å². The molecular formula is C101H65N11. The van der Waals surface area contributed by atoms with E-state index in [1.54, 1.807) is 12.4 Å². The highest BCUT2D eigenvalue weighted by Gasteiger charge is 2.20. The molecule has 0 atom stereocenters. The number of hydrogen-bond acceptors (Lipinski definition) is 11. The number of pyridine rings is 6. The number of aromatic nitrogens is 11. The average molecular weight is 1430 g/mol. The van der Waals surface area contributed by atoms with E-state index in [0.29, 0.717) is 29.0 Å². The van der Waals surface area contributed by atoms with E-state index in [9.17, 15) is 0 Å². The molecule has 11 heteroatoms. The lowest BCUT2D eigenvalue weighted by Gasteiger charge is -2.14. The van der Waals surface area contributed by atoms with Gasteiger partial charge in [-0.2, -0.15) is 0 Å². The SMILES string of the molecule is c1ccc(-c2cc(-c3ccccn3)nc(-c3cccc(-c4ccc(-c5cc(-c6ccccc6)nc6c5ccc5ccc(-c7ccccc7)nc56)cc4)c3)n2)cc1.c1ccc(-c2ccc3ccc4c(-c5ccc(-c6cccc(-c7nc(-c8ccccc8)nc(-c8ccccn8)n7)c6)cc5)cc(-c5ccccc5)nc4c3n2)cc1. The Labute approximate surface area is 646 Å². The number of nitrogens with zero attached hydrogens (tertiary/aromatic N) is 11. The fourth-order valence-corrected chi connectivity index (χ4v) is 14.4. The van der Waals surface area contributed by atoms with Gasteiger partial charge in [-0.3, -0.25) is 9.97 Å². The van der Waals surface area contributed by atoms with Crippen molar-refractivity contribution < 1.29 is 0 Å². The molecule has 0 aliphatic heterocycles. The second-order valence-electron chi connectivity index (χ2n) is 27.3. The summed E-state index contributed by atoms with van der Waals surface area (Å²) in [5, 5.41) is 4.22. The summed E-state index contributed by atoms with van der Waals surface area (Å²) in [5.41, 5.74) is 27.1. The van der Waals surface area contributed by atoms with Gasteiger partial charge < -0.3 is 0 Å². The van der Waals surface area contributed by atoms with E-state index in [1.165, 1.54) is 0 Å². The van der Waals surface area contributed by atoms with Crippen LogP contribution in [-0.4, -0.2) is 54.8 Å². The van der Waals surface area contributed by atoms with E-state index in [-0.39, 0.29) is 0 Å². The van der Waals surface area contributed by atoms with Crippen LogP contribution in [0.25, 0.3) is 201 Å². The number of rotatable bonds is 14. The van der Waals surface area contributed by atoms with E-state index in [1.807, 2.05) is 146 Å². The summed E-state index contributed by atoms with van der Waals surface area (Å²) >= 11 is 0. The van der Waals surface area contributed by atoms with E-state index in [0.717, 1.165) is 172 Å². The van der Waals surface area contributed by atoms with E-state index in [2.05, 4.69) is 247 Å². The first kappa shape index (κ1) is 67.3. The number of hydrogen-bond donors (Lipinski definition) is 0. The van der Waals surface area contributed by atoms with Gasteiger partial charge >= 0.3 is 0 Å². The van der Waals surface area contributed by atoms with Gasteiger partial charge in [0.1, 0.15) is 5.69 Å². The number of benzene rings is 12. The Morgan fingerprint density at radius 1 is 0.143 bits per heavy atom. The van der Waals surface area contributed by atoms with Crippen LogP contribution in [0, 0.1) is 0 Å². The quantitative estimate of drug-likeness (QED) is 0.0960. The second-order valence-corrected chi connectivity index (χ2v) is 27.3. The van der Waals surface area contributed by atoms with Crippen LogP contribution in [0.4, 0.5) is 0 Å². The van der Waals surface area contributed by atoms with Gasteiger partial charge in [-0.05, 0) is 111 Å². The zero-order chi connectivity index (χ0) is 74.5. The van der Waals surface area contributed by atoms with Crippen LogP contribution in [-0.2, 0) is 0 Å². The lowest BCUT2D eigenvalue weighted by molar-refractivity contribution is 1.06. The van der Waals surface area contributed by atoms with Crippen LogP contribution in [0.2, 0.25) is 0 Å². The zero-order valence-electron chi connectivity index (χ0n) is 60.4. The monoisotopic (exact) mass is 1430 g/mol. The largest absolute Gasteiger partial charge is 0.255 e. The second kappa shape index (κ2) is 30.1. The highest BCUT2D eigenvalue weighted by Crippen LogP contribution is 2.41. The third kappa shape index (κ3) is 13.9. The molecule has 0 saturated heterocycles. The minimum Gasteiger partial charge on any atom is -0.255 e. The highest BCUT2D eigenvalue weighted by atomic mass is 15.0. The van der Waals surface area contributed by atoms with Gasteiger partial charge in [0.2, 0.25) is 0 Å². The number of fused-ring (bicyclic) bond motifs is 6. The minimum atomic E-state index is 0.530. The first-order valence-electron chi connectivity index (χ1n) is 37.2. The van der Waals surface area contributed by atoms with Crippen LogP contribution < -0.4 is 0 Å². The van der Waals surface area contributed by atoms with Crippen molar-refractivity contribution in [1.82, 2.24) is 54.8 Å². The minimum absolute atomic E-state index is 0.530. The maximum Gasteiger partial charge on any atom is 0.182 e. The van der Waals surface area contributed by atoms with Crippen molar-refractivity contribution in [2.75, 3.05) is 0 Å². The van der Waals surface area contributed by atoms with Crippen LogP contribution in [0.5, 0.6) is 0 Å². The summed E-state index contributed by atoms with van der Waals surface area (Å²) in [7, 11) is 0. The normalized spacial score (nSPS) is 11.2. The van der Waals surface area contributed by atoms with Crippen molar-refractivity contribution in [1.29, 1.82) is 0 Å². The molecule has 0 unspecified atom stereocenters. The van der Waals surface area contributed by atoms with Gasteiger partial charge in [-0.25, -0.2) is 44.9 Å². The van der Waals surface area contributed by atoms with Crippen LogP contribution >= 0.6 is 0 Å². The molecule has 0 bridgehead atoms. The van der Waals surface area contributed by atoms with E-state index < -0.39 is 0 Å². The smallest absolute Gasteiger partial charge is 0.182 e. The Bertz CT molecular complexity index is 6280. The molecule has 0 fully saturated rings. The molecule has 20 aromatic rings. The van der Waals surface area contributed by atoms with Crippen molar-refractivity contribution in [2.24, 2.45) is 0 Å². The lowest BCUT2D eigenvalue weighted by atomic mass is 9.95. The first-order valence-corrected chi connectivity index (χ1v) is 37.2. The topological polar surface area (TPSA) is 142 Å². The molecule has 0 N–H and O–H groups in total. The van der Waals surface area contributed by atoms with Crippen molar-refractivity contribution in [2.45, 2.75) is 0 Å². The highest BCUT2D eigenvalue weighted by molar-refractivity contribution is 6.11. The van der Waals surface area contributed by atoms with Gasteiger partial charge in [0.15, 0.2) is 23.3 Å². The van der Waals surface area contributed by atoms with Crippen LogP contribution in [0.15, 0.2) is 395 Å². The van der Waals surface area contributed by atoms with Crippen molar-refractivity contribution in [3.63, 3.8) is 0 Å². The predicted molar refractivity (Wildman–Crippen MR) is 455 cm³/mol. The summed E-state index contributed by atoms with van der Waals surface area (Å²) in [5.74, 6) is 2.37. The predicted octanol–water partition coefficient (Wildman–Crippen LogP) is 24.7. The fourth-order valence-electron chi connectivity index (χ4n) is 14.4. The lowest BCUT2D eigenvalue weighted by Crippen LogP contribution is -2.01. The Balaban J connectivity index is 0.000000151. The van der Waals surface area contributed by atoms with Crippen molar-refractivity contribution >= 4 is 43.6 Å². The van der Waals surface area contributed by atoms with E-state index in [4.69, 9.17) is 44.9 Å². The Kier molecular flexibility index (Phi) is 18.1. The standard InChI is InChI=1S/C51H33N5.C50H32N6/c1-4-13-36(14-5-1)44-29-27-39-26-28-42-43(32-46(37-15-6-2-7-16-37)54-50(42)49(39)53-44)35-24-22-34(23-25-35)40-19-12-20-41(31-40)51-55-47(38-17-8-3-9-18-38)33-48(56-51)45-21-10-11-30-52-45;1-4-13-35(14-5-1)43-29-27-37-26-28-41-42(32-45(36-15-6-2-7-16-36)53-47(41)46(37)52-43)34-24-22-33(23-25-34)39-19-12-20-40(31-39)49-54-48(38-17-8-3-9-18-38)55-50(56-49)44-21-10-11-30-51-44/h1-33H;1-32H. The fraction of sp³-hybridized carbons (Fsp3) is 0. The van der Waals surface area contributed by atoms with Crippen LogP contribution in [0.3, 0.4) is 0 Å². The Morgan fingerprint density at radius 3 is 0.893 bits per heavy atom. The Hall–Kier alpha value is -15.3. The molecule has 0 amide bonds. The first-order chi connectivity index (χ1) is 55.5. The third-order valence-electron chi connectivity index (χ3n) is 20.1. The average Bonchev–Trinajstić information content (AvgIpc) is 0.753. The third-order valence-corrected chi connectivity index (χ3v) is 20.1. The molecule has 0 radical (unpaired) electrons. The molecule has 20 rings (SSSR count).